The first-order chi connectivity index (χ1) is 17.3. The van der Waals surface area contributed by atoms with Gasteiger partial charge in [-0.25, -0.2) is 18.0 Å². The maximum absolute atomic E-state index is 13.2. The van der Waals surface area contributed by atoms with Gasteiger partial charge in [0.1, 0.15) is 0 Å². The number of rotatable bonds is 8. The average molecular weight is 509 g/mol. The predicted molar refractivity (Wildman–Crippen MR) is 127 cm³/mol. The highest BCUT2D eigenvalue weighted by molar-refractivity contribution is 7.89. The van der Waals surface area contributed by atoms with Gasteiger partial charge in [0.2, 0.25) is 10.0 Å². The predicted octanol–water partition coefficient (Wildman–Crippen LogP) is 3.57. The first-order valence-corrected chi connectivity index (χ1v) is 12.2. The molecule has 0 aliphatic carbocycles. The largest absolute Gasteiger partial charge is 0.417 e. The van der Waals surface area contributed by atoms with Crippen molar-refractivity contribution in [1.29, 1.82) is 0 Å². The van der Waals surface area contributed by atoms with Crippen molar-refractivity contribution in [3.8, 4) is 0 Å². The summed E-state index contributed by atoms with van der Waals surface area (Å²) in [4.78, 5) is 35.5. The Labute approximate surface area is 206 Å². The molecule has 0 aromatic heterocycles. The molecule has 0 atom stereocenters. The molecule has 1 heterocycles. The van der Waals surface area contributed by atoms with Crippen molar-refractivity contribution < 1.29 is 32.4 Å². The summed E-state index contributed by atoms with van der Waals surface area (Å²) in [6.07, 6.45) is -0.0653. The van der Waals surface area contributed by atoms with Gasteiger partial charge in [-0.2, -0.15) is 4.31 Å². The Bertz CT molecular complexity index is 1370. The molecule has 0 saturated heterocycles. The van der Waals surface area contributed by atoms with Gasteiger partial charge in [-0.15, -0.1) is 0 Å². The fourth-order valence-corrected chi connectivity index (χ4v) is 5.05. The second-order valence-corrected chi connectivity index (χ2v) is 9.58. The highest BCUT2D eigenvalue weighted by atomic mass is 32.2. The van der Waals surface area contributed by atoms with Crippen LogP contribution in [0.3, 0.4) is 0 Å². The van der Waals surface area contributed by atoms with Crippen LogP contribution in [0.2, 0.25) is 0 Å². The Morgan fingerprint density at radius 3 is 1.86 bits per heavy atom. The fraction of sp³-hybridized carbons (Fsp3) is 0.120. The molecule has 36 heavy (non-hydrogen) atoms. The van der Waals surface area contributed by atoms with Crippen LogP contribution in [0.15, 0.2) is 101 Å². The van der Waals surface area contributed by atoms with E-state index in [0.29, 0.717) is 0 Å². The van der Waals surface area contributed by atoms with Crippen molar-refractivity contribution in [2.45, 2.75) is 11.2 Å². The third-order valence-corrected chi connectivity index (χ3v) is 7.20. The molecule has 0 amide bonds. The lowest BCUT2D eigenvalue weighted by molar-refractivity contribution is -0.387. The zero-order valence-electron chi connectivity index (χ0n) is 18.7. The summed E-state index contributed by atoms with van der Waals surface area (Å²) >= 11 is 0. The Balaban J connectivity index is 1.58. The number of nitro groups is 1. The third-order valence-electron chi connectivity index (χ3n) is 5.35. The molecule has 0 fully saturated rings. The molecule has 0 unspecified atom stereocenters. The highest BCUT2D eigenvalue weighted by Gasteiger charge is 2.37. The van der Waals surface area contributed by atoms with Gasteiger partial charge in [-0.3, -0.25) is 10.1 Å². The number of carbonyl (C=O) groups excluding carboxylic acids is 2. The van der Waals surface area contributed by atoms with E-state index in [2.05, 4.69) is 0 Å². The van der Waals surface area contributed by atoms with Gasteiger partial charge in [0, 0.05) is 24.7 Å². The van der Waals surface area contributed by atoms with Gasteiger partial charge in [0.25, 0.3) is 12.0 Å². The lowest BCUT2D eigenvalue weighted by atomic mass is 10.2. The van der Waals surface area contributed by atoms with Crippen LogP contribution in [0.25, 0.3) is 0 Å². The number of hydrogen-bond acceptors (Lipinski definition) is 8. The van der Waals surface area contributed by atoms with E-state index in [1.165, 1.54) is 42.5 Å². The monoisotopic (exact) mass is 508 g/mol. The minimum atomic E-state index is -4.28. The van der Waals surface area contributed by atoms with Crippen LogP contribution >= 0.6 is 0 Å². The van der Waals surface area contributed by atoms with E-state index in [-0.39, 0.29) is 29.8 Å². The molecular weight excluding hydrogens is 488 g/mol. The molecule has 3 aromatic carbocycles. The Hall–Kier alpha value is -4.35. The SMILES string of the molecule is O=C(OC(OC(=O)c1ccccc1)C1=CCN(S(=O)(=O)c2ccccc2[N+](=O)[O-])C1)c1ccccc1. The lowest BCUT2D eigenvalue weighted by Gasteiger charge is -2.21. The smallest absolute Gasteiger partial charge is 0.341 e. The second kappa shape index (κ2) is 10.5. The van der Waals surface area contributed by atoms with Crippen LogP contribution in [0, 0.1) is 10.1 Å². The quantitative estimate of drug-likeness (QED) is 0.148. The van der Waals surface area contributed by atoms with Gasteiger partial charge in [0.15, 0.2) is 4.90 Å². The molecule has 0 N–H and O–H groups in total. The van der Waals surface area contributed by atoms with Crippen molar-refractivity contribution >= 4 is 27.6 Å². The molecular formula is C25H20N2O8S. The van der Waals surface area contributed by atoms with Crippen LogP contribution < -0.4 is 0 Å². The van der Waals surface area contributed by atoms with Crippen molar-refractivity contribution in [1.82, 2.24) is 4.31 Å². The fourth-order valence-electron chi connectivity index (χ4n) is 3.53. The van der Waals surface area contributed by atoms with Crippen molar-refractivity contribution in [3.63, 3.8) is 0 Å². The van der Waals surface area contributed by atoms with Crippen LogP contribution in [0.5, 0.6) is 0 Å². The summed E-state index contributed by atoms with van der Waals surface area (Å²) in [7, 11) is -4.28. The van der Waals surface area contributed by atoms with E-state index >= 15 is 0 Å². The number of esters is 2. The van der Waals surface area contributed by atoms with Gasteiger partial charge in [0.05, 0.1) is 16.1 Å². The number of ether oxygens (including phenoxy) is 2. The molecule has 0 radical (unpaired) electrons. The van der Waals surface area contributed by atoms with E-state index in [4.69, 9.17) is 9.47 Å². The van der Waals surface area contributed by atoms with Crippen LogP contribution in [0.1, 0.15) is 20.7 Å². The van der Waals surface area contributed by atoms with Gasteiger partial charge in [-0.1, -0.05) is 54.6 Å². The zero-order valence-corrected chi connectivity index (χ0v) is 19.5. The first-order valence-electron chi connectivity index (χ1n) is 10.7. The number of benzene rings is 3. The molecule has 1 aliphatic rings. The van der Waals surface area contributed by atoms with Crippen molar-refractivity contribution in [2.75, 3.05) is 13.1 Å². The maximum Gasteiger partial charge on any atom is 0.341 e. The van der Waals surface area contributed by atoms with Gasteiger partial charge < -0.3 is 9.47 Å². The standard InChI is InChI=1S/C25H20N2O8S/c28-23(18-9-3-1-4-10-18)34-25(35-24(29)19-11-5-2-6-12-19)20-15-16-26(17-20)36(32,33)22-14-8-7-13-21(22)27(30)31/h1-15,25H,16-17H2. The highest BCUT2D eigenvalue weighted by Crippen LogP contribution is 2.30. The number of carbonyl (C=O) groups is 2. The summed E-state index contributed by atoms with van der Waals surface area (Å²) in [5.74, 6) is -1.55. The van der Waals surface area contributed by atoms with E-state index in [1.807, 2.05) is 0 Å². The number of nitrogens with zero attached hydrogens (tertiary/aromatic N) is 2. The molecule has 0 bridgehead atoms. The van der Waals surface area contributed by atoms with E-state index in [1.54, 1.807) is 36.4 Å². The zero-order chi connectivity index (χ0) is 25.7. The Kier molecular flexibility index (Phi) is 7.23. The number of para-hydroxylation sites is 1. The normalized spacial score (nSPS) is 13.8. The summed E-state index contributed by atoms with van der Waals surface area (Å²) in [5.41, 5.74) is 0.0572. The van der Waals surface area contributed by atoms with Gasteiger partial charge >= 0.3 is 11.9 Å². The summed E-state index contributed by atoms with van der Waals surface area (Å²) in [5, 5.41) is 11.4. The number of nitro benzene ring substituents is 1. The van der Waals surface area contributed by atoms with Gasteiger partial charge in [-0.05, 0) is 30.3 Å². The molecule has 10 nitrogen and oxygen atoms in total. The summed E-state index contributed by atoms with van der Waals surface area (Å²) < 4.78 is 38.3. The maximum atomic E-state index is 13.2. The third kappa shape index (κ3) is 5.32. The van der Waals surface area contributed by atoms with E-state index in [0.717, 1.165) is 16.4 Å². The second-order valence-electron chi connectivity index (χ2n) is 7.68. The lowest BCUT2D eigenvalue weighted by Crippen LogP contribution is -2.33. The topological polar surface area (TPSA) is 133 Å². The molecule has 0 saturated carbocycles. The molecule has 184 valence electrons. The molecule has 3 aromatic rings. The first kappa shape index (κ1) is 24.8. The molecule has 11 heteroatoms. The number of hydrogen-bond donors (Lipinski definition) is 0. The van der Waals surface area contributed by atoms with Crippen molar-refractivity contribution in [2.24, 2.45) is 0 Å². The van der Waals surface area contributed by atoms with Crippen LogP contribution in [0.4, 0.5) is 5.69 Å². The number of sulfonamides is 1. The Morgan fingerprint density at radius 2 is 1.33 bits per heavy atom. The minimum Gasteiger partial charge on any atom is -0.417 e. The minimum absolute atomic E-state index is 0.161. The molecule has 1 aliphatic heterocycles. The Morgan fingerprint density at radius 1 is 0.833 bits per heavy atom. The van der Waals surface area contributed by atoms with Crippen molar-refractivity contribution in [3.05, 3.63) is 118 Å². The molecule has 4 rings (SSSR count). The van der Waals surface area contributed by atoms with Crippen LogP contribution in [-0.4, -0.2) is 49.0 Å². The van der Waals surface area contributed by atoms with Crippen LogP contribution in [-0.2, 0) is 19.5 Å². The molecule has 0 spiro atoms. The average Bonchev–Trinajstić information content (AvgIpc) is 3.40. The van der Waals surface area contributed by atoms with E-state index in [9.17, 15) is 28.1 Å². The summed E-state index contributed by atoms with van der Waals surface area (Å²) in [6, 6.07) is 21.1. The van der Waals surface area contributed by atoms with E-state index < -0.39 is 43.8 Å². The summed E-state index contributed by atoms with van der Waals surface area (Å²) in [6.45, 7) is -0.463.